The summed E-state index contributed by atoms with van der Waals surface area (Å²) in [6, 6.07) is -0.389. The molecule has 78 valence electrons. The normalized spacial score (nSPS) is 23.4. The summed E-state index contributed by atoms with van der Waals surface area (Å²) in [5.41, 5.74) is 5.39. The predicted octanol–water partition coefficient (Wildman–Crippen LogP) is -0.519. The monoisotopic (exact) mass is 207 g/mol. The fourth-order valence-electron chi connectivity index (χ4n) is 1.29. The van der Waals surface area contributed by atoms with E-state index in [-0.39, 0.29) is 24.4 Å². The van der Waals surface area contributed by atoms with E-state index in [2.05, 4.69) is 10.6 Å². The molecule has 0 saturated carbocycles. The van der Waals surface area contributed by atoms with Gasteiger partial charge in [-0.1, -0.05) is 0 Å². The summed E-state index contributed by atoms with van der Waals surface area (Å²) in [6.07, 6.45) is 1.15. The Morgan fingerprint density at radius 1 is 1.77 bits per heavy atom. The summed E-state index contributed by atoms with van der Waals surface area (Å²) in [7, 11) is 0. The van der Waals surface area contributed by atoms with Gasteiger partial charge in [0.15, 0.2) is 0 Å². The highest BCUT2D eigenvalue weighted by molar-refractivity contribution is 5.85. The maximum absolute atomic E-state index is 11.0. The van der Waals surface area contributed by atoms with Crippen molar-refractivity contribution in [2.45, 2.75) is 19.4 Å². The fraction of sp³-hybridized carbons (Fsp3) is 0.875. The lowest BCUT2D eigenvalue weighted by atomic mass is 10.1. The van der Waals surface area contributed by atoms with Gasteiger partial charge in [-0.25, -0.2) is 0 Å². The van der Waals surface area contributed by atoms with Crippen LogP contribution < -0.4 is 16.4 Å². The maximum atomic E-state index is 11.0. The summed E-state index contributed by atoms with van der Waals surface area (Å²) in [6.45, 7) is 4.54. The second-order valence-corrected chi connectivity index (χ2v) is 3.39. The summed E-state index contributed by atoms with van der Waals surface area (Å²) >= 11 is 0. The molecular weight excluding hydrogens is 190 g/mol. The highest BCUT2D eigenvalue weighted by Gasteiger charge is 2.15. The van der Waals surface area contributed by atoms with E-state index in [4.69, 9.17) is 5.73 Å². The van der Waals surface area contributed by atoms with Gasteiger partial charge in [0.25, 0.3) is 0 Å². The molecule has 1 amide bonds. The molecular formula is C8H18ClN3O. The molecule has 0 aromatic heterocycles. The molecule has 1 fully saturated rings. The standard InChI is InChI=1S/C8H17N3O.ClH/c1-6(9)8(12)11-5-7-2-3-10-4-7;/h6-7,10H,2-5,9H2,1H3,(H,11,12);1H/t6-,7?;/m1./s1. The number of carbonyl (C=O) groups excluding carboxylic acids is 1. The SMILES string of the molecule is C[C@@H](N)C(=O)NCC1CCNC1.Cl. The maximum Gasteiger partial charge on any atom is 0.236 e. The fourth-order valence-corrected chi connectivity index (χ4v) is 1.29. The Kier molecular flexibility index (Phi) is 6.03. The second kappa shape index (κ2) is 6.18. The summed E-state index contributed by atoms with van der Waals surface area (Å²) < 4.78 is 0. The molecule has 1 unspecified atom stereocenters. The van der Waals surface area contributed by atoms with Crippen molar-refractivity contribution in [2.75, 3.05) is 19.6 Å². The van der Waals surface area contributed by atoms with Crippen LogP contribution in [-0.2, 0) is 4.79 Å². The van der Waals surface area contributed by atoms with Gasteiger partial charge in [-0.15, -0.1) is 12.4 Å². The third kappa shape index (κ3) is 4.45. The van der Waals surface area contributed by atoms with Gasteiger partial charge < -0.3 is 16.4 Å². The van der Waals surface area contributed by atoms with E-state index in [0.717, 1.165) is 26.1 Å². The molecule has 1 rings (SSSR count). The van der Waals surface area contributed by atoms with Crippen molar-refractivity contribution in [3.63, 3.8) is 0 Å². The van der Waals surface area contributed by atoms with E-state index in [0.29, 0.717) is 5.92 Å². The molecule has 0 radical (unpaired) electrons. The van der Waals surface area contributed by atoms with Gasteiger partial charge in [-0.2, -0.15) is 0 Å². The average molecular weight is 208 g/mol. The minimum absolute atomic E-state index is 0. The largest absolute Gasteiger partial charge is 0.354 e. The Labute approximate surface area is 85.0 Å². The summed E-state index contributed by atoms with van der Waals surface area (Å²) in [5, 5.41) is 6.06. The van der Waals surface area contributed by atoms with Crippen LogP contribution in [0, 0.1) is 5.92 Å². The number of hydrogen-bond donors (Lipinski definition) is 3. The molecule has 13 heavy (non-hydrogen) atoms. The molecule has 5 heteroatoms. The molecule has 1 aliphatic rings. The lowest BCUT2D eigenvalue weighted by Gasteiger charge is -2.11. The number of amides is 1. The first-order chi connectivity index (χ1) is 5.70. The first-order valence-electron chi connectivity index (χ1n) is 4.44. The average Bonchev–Trinajstić information content (AvgIpc) is 2.51. The van der Waals surface area contributed by atoms with Crippen LogP contribution in [0.2, 0.25) is 0 Å². The third-order valence-corrected chi connectivity index (χ3v) is 2.14. The molecule has 0 aromatic carbocycles. The van der Waals surface area contributed by atoms with Crippen LogP contribution in [0.4, 0.5) is 0 Å². The smallest absolute Gasteiger partial charge is 0.236 e. The molecule has 1 heterocycles. The zero-order valence-electron chi connectivity index (χ0n) is 7.88. The number of halogens is 1. The van der Waals surface area contributed by atoms with Crippen LogP contribution >= 0.6 is 12.4 Å². The molecule has 0 aromatic rings. The van der Waals surface area contributed by atoms with E-state index < -0.39 is 0 Å². The predicted molar refractivity (Wildman–Crippen MR) is 54.9 cm³/mol. The number of nitrogens with two attached hydrogens (primary N) is 1. The van der Waals surface area contributed by atoms with Gasteiger partial charge in [0.1, 0.15) is 0 Å². The highest BCUT2D eigenvalue weighted by Crippen LogP contribution is 2.04. The van der Waals surface area contributed by atoms with Crippen LogP contribution in [0.15, 0.2) is 0 Å². The van der Waals surface area contributed by atoms with Gasteiger partial charge in [-0.3, -0.25) is 4.79 Å². The molecule has 0 spiro atoms. The molecule has 2 atom stereocenters. The highest BCUT2D eigenvalue weighted by atomic mass is 35.5. The zero-order chi connectivity index (χ0) is 8.97. The molecule has 4 N–H and O–H groups in total. The second-order valence-electron chi connectivity index (χ2n) is 3.39. The first kappa shape index (κ1) is 12.7. The van der Waals surface area contributed by atoms with E-state index in [1.807, 2.05) is 0 Å². The Hall–Kier alpha value is -0.320. The van der Waals surface area contributed by atoms with Gasteiger partial charge in [0.2, 0.25) is 5.91 Å². The molecule has 0 aliphatic carbocycles. The van der Waals surface area contributed by atoms with Crippen LogP contribution in [0.3, 0.4) is 0 Å². The third-order valence-electron chi connectivity index (χ3n) is 2.14. The van der Waals surface area contributed by atoms with Crippen molar-refractivity contribution in [3.05, 3.63) is 0 Å². The van der Waals surface area contributed by atoms with Gasteiger partial charge in [0, 0.05) is 6.54 Å². The van der Waals surface area contributed by atoms with Gasteiger partial charge in [0.05, 0.1) is 6.04 Å². The molecule has 1 saturated heterocycles. The summed E-state index contributed by atoms with van der Waals surface area (Å²) in [5.74, 6) is 0.537. The van der Waals surface area contributed by atoms with E-state index in [9.17, 15) is 4.79 Å². The van der Waals surface area contributed by atoms with E-state index in [1.54, 1.807) is 6.92 Å². The topological polar surface area (TPSA) is 67.2 Å². The van der Waals surface area contributed by atoms with Gasteiger partial charge >= 0.3 is 0 Å². The summed E-state index contributed by atoms with van der Waals surface area (Å²) in [4.78, 5) is 11.0. The Balaban J connectivity index is 0.00000144. The minimum atomic E-state index is -0.389. The lowest BCUT2D eigenvalue weighted by molar-refractivity contribution is -0.122. The zero-order valence-corrected chi connectivity index (χ0v) is 8.69. The van der Waals surface area contributed by atoms with Crippen LogP contribution in [0.25, 0.3) is 0 Å². The molecule has 1 aliphatic heterocycles. The van der Waals surface area contributed by atoms with Crippen molar-refractivity contribution in [1.29, 1.82) is 0 Å². The van der Waals surface area contributed by atoms with Crippen LogP contribution in [0.5, 0.6) is 0 Å². The lowest BCUT2D eigenvalue weighted by Crippen LogP contribution is -2.40. The molecule has 4 nitrogen and oxygen atoms in total. The number of rotatable bonds is 3. The number of carbonyl (C=O) groups is 1. The minimum Gasteiger partial charge on any atom is -0.354 e. The van der Waals surface area contributed by atoms with Crippen molar-refractivity contribution < 1.29 is 4.79 Å². The molecule has 0 bridgehead atoms. The number of nitrogens with one attached hydrogen (secondary N) is 2. The van der Waals surface area contributed by atoms with Crippen molar-refractivity contribution in [3.8, 4) is 0 Å². The van der Waals surface area contributed by atoms with Crippen molar-refractivity contribution in [2.24, 2.45) is 11.7 Å². The van der Waals surface area contributed by atoms with Crippen molar-refractivity contribution in [1.82, 2.24) is 10.6 Å². The van der Waals surface area contributed by atoms with Gasteiger partial charge in [-0.05, 0) is 32.4 Å². The Bertz CT molecular complexity index is 157. The quantitative estimate of drug-likeness (QED) is 0.584. The Morgan fingerprint density at radius 2 is 2.46 bits per heavy atom. The van der Waals surface area contributed by atoms with E-state index >= 15 is 0 Å². The Morgan fingerprint density at radius 3 is 2.92 bits per heavy atom. The number of hydrogen-bond acceptors (Lipinski definition) is 3. The first-order valence-corrected chi connectivity index (χ1v) is 4.44. The van der Waals surface area contributed by atoms with Crippen LogP contribution in [0.1, 0.15) is 13.3 Å². The van der Waals surface area contributed by atoms with Crippen molar-refractivity contribution >= 4 is 18.3 Å². The van der Waals surface area contributed by atoms with E-state index in [1.165, 1.54) is 0 Å². The van der Waals surface area contributed by atoms with Crippen LogP contribution in [-0.4, -0.2) is 31.6 Å².